The number of nitrogens with zero attached hydrogens (tertiary/aromatic N) is 1. The van der Waals surface area contributed by atoms with Crippen LogP contribution in [-0.2, 0) is 22.6 Å². The number of likely N-dealkylation sites (N-methyl/N-ethyl adjacent to an activating group) is 1. The molecule has 0 unspecified atom stereocenters. The minimum Gasteiger partial charge on any atom is -0.357 e. The van der Waals surface area contributed by atoms with Crippen LogP contribution in [0.2, 0.25) is 5.02 Å². The molecule has 0 bridgehead atoms. The van der Waals surface area contributed by atoms with Gasteiger partial charge in [0.1, 0.15) is 11.9 Å². The highest BCUT2D eigenvalue weighted by Crippen LogP contribution is 2.23. The van der Waals surface area contributed by atoms with E-state index < -0.39 is 11.9 Å². The van der Waals surface area contributed by atoms with Gasteiger partial charge in [0.25, 0.3) is 0 Å². The number of nitrogens with one attached hydrogen (secondary N) is 1. The first-order chi connectivity index (χ1) is 16.5. The van der Waals surface area contributed by atoms with Gasteiger partial charge in [-0.1, -0.05) is 60.1 Å². The van der Waals surface area contributed by atoms with E-state index in [1.165, 1.54) is 11.0 Å². The highest BCUT2D eigenvalue weighted by Gasteiger charge is 2.30. The first-order valence-electron chi connectivity index (χ1n) is 11.1. The molecule has 34 heavy (non-hydrogen) atoms. The van der Waals surface area contributed by atoms with Gasteiger partial charge in [-0.05, 0) is 48.1 Å². The maximum atomic E-state index is 14.5. The van der Waals surface area contributed by atoms with Crippen LogP contribution in [-0.4, -0.2) is 35.6 Å². The van der Waals surface area contributed by atoms with E-state index in [0.29, 0.717) is 23.4 Å². The van der Waals surface area contributed by atoms with E-state index in [1.807, 2.05) is 54.6 Å². The van der Waals surface area contributed by atoms with E-state index in [0.717, 1.165) is 16.2 Å². The van der Waals surface area contributed by atoms with E-state index >= 15 is 0 Å². The molecule has 0 radical (unpaired) electrons. The molecular weight excluding hydrogens is 471 g/mol. The van der Waals surface area contributed by atoms with E-state index in [1.54, 1.807) is 37.0 Å². The Bertz CT molecular complexity index is 1080. The van der Waals surface area contributed by atoms with Gasteiger partial charge in [0.05, 0.1) is 0 Å². The average Bonchev–Trinajstić information content (AvgIpc) is 2.86. The summed E-state index contributed by atoms with van der Waals surface area (Å²) in [5.41, 5.74) is 1.31. The van der Waals surface area contributed by atoms with Gasteiger partial charge in [-0.15, -0.1) is 11.8 Å². The smallest absolute Gasteiger partial charge is 0.242 e. The van der Waals surface area contributed by atoms with E-state index in [9.17, 15) is 14.0 Å². The third-order valence-corrected chi connectivity index (χ3v) is 6.78. The Morgan fingerprint density at radius 1 is 1.00 bits per heavy atom. The molecule has 3 aromatic rings. The fraction of sp³-hybridized carbons (Fsp3) is 0.259. The quantitative estimate of drug-likeness (QED) is 0.271. The molecule has 2 amide bonds. The van der Waals surface area contributed by atoms with Crippen LogP contribution in [0, 0.1) is 5.82 Å². The summed E-state index contributed by atoms with van der Waals surface area (Å²) in [5.74, 6) is -0.105. The average molecular weight is 499 g/mol. The van der Waals surface area contributed by atoms with Crippen LogP contribution >= 0.6 is 23.4 Å². The molecule has 0 aliphatic rings. The van der Waals surface area contributed by atoms with Crippen LogP contribution in [0.25, 0.3) is 0 Å². The number of carbonyl (C=O) groups is 2. The summed E-state index contributed by atoms with van der Waals surface area (Å²) in [6.45, 7) is 0.0285. The van der Waals surface area contributed by atoms with Crippen molar-refractivity contribution in [2.75, 3.05) is 12.8 Å². The zero-order valence-electron chi connectivity index (χ0n) is 19.0. The Labute approximate surface area is 209 Å². The predicted octanol–water partition coefficient (Wildman–Crippen LogP) is 5.74. The molecule has 0 saturated heterocycles. The van der Waals surface area contributed by atoms with Gasteiger partial charge in [-0.3, -0.25) is 9.59 Å². The second-order valence-corrected chi connectivity index (χ2v) is 9.44. The van der Waals surface area contributed by atoms with Crippen LogP contribution < -0.4 is 5.32 Å². The summed E-state index contributed by atoms with van der Waals surface area (Å²) < 4.78 is 14.5. The monoisotopic (exact) mass is 498 g/mol. The third-order valence-electron chi connectivity index (χ3n) is 5.43. The third kappa shape index (κ3) is 7.61. The van der Waals surface area contributed by atoms with Crippen LogP contribution in [0.4, 0.5) is 4.39 Å². The maximum absolute atomic E-state index is 14.5. The molecule has 0 saturated carbocycles. The number of hydrogen-bond donors (Lipinski definition) is 1. The summed E-state index contributed by atoms with van der Waals surface area (Å²) in [6.07, 6.45) is 1.24. The zero-order chi connectivity index (χ0) is 24.3. The van der Waals surface area contributed by atoms with Gasteiger partial charge in [-0.25, -0.2) is 4.39 Å². The fourth-order valence-corrected chi connectivity index (χ4v) is 4.60. The molecule has 7 heteroatoms. The van der Waals surface area contributed by atoms with Crippen molar-refractivity contribution in [3.63, 3.8) is 0 Å². The topological polar surface area (TPSA) is 49.4 Å². The molecule has 1 atom stereocenters. The van der Waals surface area contributed by atoms with E-state index in [4.69, 9.17) is 11.6 Å². The number of benzene rings is 3. The van der Waals surface area contributed by atoms with E-state index in [-0.39, 0.29) is 24.8 Å². The summed E-state index contributed by atoms with van der Waals surface area (Å²) in [6, 6.07) is 22.7. The molecule has 0 aliphatic heterocycles. The van der Waals surface area contributed by atoms with Crippen molar-refractivity contribution in [2.24, 2.45) is 0 Å². The van der Waals surface area contributed by atoms with Crippen molar-refractivity contribution in [1.29, 1.82) is 0 Å². The van der Waals surface area contributed by atoms with Gasteiger partial charge in [0.15, 0.2) is 0 Å². The van der Waals surface area contributed by atoms with Crippen LogP contribution in [0.1, 0.15) is 24.0 Å². The van der Waals surface area contributed by atoms with Crippen molar-refractivity contribution in [3.8, 4) is 0 Å². The van der Waals surface area contributed by atoms with Gasteiger partial charge < -0.3 is 10.2 Å². The highest BCUT2D eigenvalue weighted by molar-refractivity contribution is 7.99. The lowest BCUT2D eigenvalue weighted by Gasteiger charge is -2.31. The lowest BCUT2D eigenvalue weighted by atomic mass is 10.0. The summed E-state index contributed by atoms with van der Waals surface area (Å²) >= 11 is 7.58. The van der Waals surface area contributed by atoms with Crippen molar-refractivity contribution >= 4 is 35.2 Å². The minimum absolute atomic E-state index is 0.0285. The molecule has 1 N–H and O–H groups in total. The van der Waals surface area contributed by atoms with E-state index in [2.05, 4.69) is 5.32 Å². The van der Waals surface area contributed by atoms with Gasteiger partial charge in [0, 0.05) is 41.9 Å². The SMILES string of the molecule is CNC(=O)[C@@H](Cc1ccccc1)N(Cc1ccccc1F)C(=O)CCCSc1ccc(Cl)cc1. The molecule has 3 aromatic carbocycles. The summed E-state index contributed by atoms with van der Waals surface area (Å²) in [7, 11) is 1.55. The highest BCUT2D eigenvalue weighted by atomic mass is 35.5. The maximum Gasteiger partial charge on any atom is 0.242 e. The lowest BCUT2D eigenvalue weighted by Crippen LogP contribution is -2.49. The number of hydrogen-bond acceptors (Lipinski definition) is 3. The Kier molecular flexibility index (Phi) is 9.98. The molecule has 4 nitrogen and oxygen atoms in total. The first kappa shape index (κ1) is 25.8. The van der Waals surface area contributed by atoms with Gasteiger partial charge in [-0.2, -0.15) is 0 Å². The first-order valence-corrected chi connectivity index (χ1v) is 12.5. The normalized spacial score (nSPS) is 11.6. The molecule has 0 fully saturated rings. The standard InChI is InChI=1S/C27H28ClFN2O2S/c1-30-27(33)25(18-20-8-3-2-4-9-20)31(19-21-10-5-6-11-24(21)29)26(32)12-7-17-34-23-15-13-22(28)14-16-23/h2-6,8-11,13-16,25H,7,12,17-19H2,1H3,(H,30,33)/t25-/m1/s1. The number of thioether (sulfide) groups is 1. The molecule has 0 heterocycles. The fourth-order valence-electron chi connectivity index (χ4n) is 3.62. The second kappa shape index (κ2) is 13.2. The molecule has 0 spiro atoms. The molecule has 178 valence electrons. The molecule has 3 rings (SSSR count). The Morgan fingerprint density at radius 2 is 1.68 bits per heavy atom. The second-order valence-electron chi connectivity index (χ2n) is 7.84. The summed E-state index contributed by atoms with van der Waals surface area (Å²) in [5, 5.41) is 3.36. The number of rotatable bonds is 11. The van der Waals surface area contributed by atoms with Gasteiger partial charge in [0.2, 0.25) is 11.8 Å². The zero-order valence-corrected chi connectivity index (χ0v) is 20.6. The van der Waals surface area contributed by atoms with Crippen molar-refractivity contribution in [3.05, 3.63) is 101 Å². The molecular formula is C27H28ClFN2O2S. The van der Waals surface area contributed by atoms with Crippen molar-refractivity contribution in [2.45, 2.75) is 36.7 Å². The van der Waals surface area contributed by atoms with Crippen molar-refractivity contribution in [1.82, 2.24) is 10.2 Å². The Balaban J connectivity index is 1.75. The lowest BCUT2D eigenvalue weighted by molar-refractivity contribution is -0.141. The van der Waals surface area contributed by atoms with Crippen LogP contribution in [0.15, 0.2) is 83.8 Å². The number of amides is 2. The summed E-state index contributed by atoms with van der Waals surface area (Å²) in [4.78, 5) is 28.8. The Hall–Kier alpha value is -2.83. The predicted molar refractivity (Wildman–Crippen MR) is 136 cm³/mol. The Morgan fingerprint density at radius 3 is 2.35 bits per heavy atom. The van der Waals surface area contributed by atoms with Crippen LogP contribution in [0.3, 0.4) is 0 Å². The van der Waals surface area contributed by atoms with Gasteiger partial charge >= 0.3 is 0 Å². The minimum atomic E-state index is -0.747. The van der Waals surface area contributed by atoms with Crippen molar-refractivity contribution < 1.29 is 14.0 Å². The molecule has 0 aromatic heterocycles. The largest absolute Gasteiger partial charge is 0.357 e. The van der Waals surface area contributed by atoms with Crippen LogP contribution in [0.5, 0.6) is 0 Å². The number of halogens is 2. The molecule has 0 aliphatic carbocycles. The number of carbonyl (C=O) groups excluding carboxylic acids is 2.